The summed E-state index contributed by atoms with van der Waals surface area (Å²) in [5.41, 5.74) is 0.984. The summed E-state index contributed by atoms with van der Waals surface area (Å²) in [5.74, 6) is 0. The number of benzene rings is 1. The molecule has 1 aromatic carbocycles. The number of nitrogens with one attached hydrogen (secondary N) is 1. The quantitative estimate of drug-likeness (QED) is 0.858. The van der Waals surface area contributed by atoms with Crippen molar-refractivity contribution in [3.63, 3.8) is 0 Å². The van der Waals surface area contributed by atoms with Crippen LogP contribution in [0.25, 0.3) is 0 Å². The predicted octanol–water partition coefficient (Wildman–Crippen LogP) is 2.87. The van der Waals surface area contributed by atoms with Crippen LogP contribution >= 0.6 is 0 Å². The van der Waals surface area contributed by atoms with Gasteiger partial charge in [-0.2, -0.15) is 0 Å². The van der Waals surface area contributed by atoms with Gasteiger partial charge in [-0.25, -0.2) is 4.79 Å². The molecule has 0 atom stereocenters. The molecule has 0 radical (unpaired) electrons. The standard InChI is InChI=1S/C15H21NO3/c1-18-15(8-5-9-15)10-11-16-14(17)19-12-13-6-3-2-4-7-13/h2-4,6-7H,5,8-12H2,1H3,(H,16,17). The number of carbonyl (C=O) groups excluding carboxylic acids is 1. The Hall–Kier alpha value is -1.55. The van der Waals surface area contributed by atoms with Gasteiger partial charge in [0.05, 0.1) is 5.60 Å². The third-order valence-electron chi connectivity index (χ3n) is 3.76. The van der Waals surface area contributed by atoms with Crippen LogP contribution in [0.15, 0.2) is 30.3 Å². The van der Waals surface area contributed by atoms with Crippen LogP contribution in [-0.4, -0.2) is 25.3 Å². The monoisotopic (exact) mass is 263 g/mol. The van der Waals surface area contributed by atoms with E-state index in [-0.39, 0.29) is 11.7 Å². The van der Waals surface area contributed by atoms with E-state index in [1.807, 2.05) is 30.3 Å². The van der Waals surface area contributed by atoms with Gasteiger partial charge in [0.2, 0.25) is 0 Å². The average molecular weight is 263 g/mol. The molecule has 1 aliphatic rings. The van der Waals surface area contributed by atoms with Crippen molar-refractivity contribution in [1.82, 2.24) is 5.32 Å². The molecule has 19 heavy (non-hydrogen) atoms. The SMILES string of the molecule is COC1(CCNC(=O)OCc2ccccc2)CCC1. The van der Waals surface area contributed by atoms with E-state index in [2.05, 4.69) is 5.32 Å². The van der Waals surface area contributed by atoms with Crippen molar-refractivity contribution in [2.45, 2.75) is 37.9 Å². The number of alkyl carbamates (subject to hydrolysis) is 1. The van der Waals surface area contributed by atoms with Gasteiger partial charge in [0.15, 0.2) is 0 Å². The maximum atomic E-state index is 11.5. The minimum absolute atomic E-state index is 0.00723. The van der Waals surface area contributed by atoms with Gasteiger partial charge in [-0.1, -0.05) is 30.3 Å². The van der Waals surface area contributed by atoms with Gasteiger partial charge in [0.25, 0.3) is 0 Å². The lowest BCUT2D eigenvalue weighted by Crippen LogP contribution is -2.42. The summed E-state index contributed by atoms with van der Waals surface area (Å²) in [6, 6.07) is 9.65. The topological polar surface area (TPSA) is 47.6 Å². The van der Waals surface area contributed by atoms with E-state index in [0.29, 0.717) is 13.2 Å². The van der Waals surface area contributed by atoms with Gasteiger partial charge in [-0.3, -0.25) is 0 Å². The van der Waals surface area contributed by atoms with Crippen molar-refractivity contribution in [1.29, 1.82) is 0 Å². The average Bonchev–Trinajstić information content (AvgIpc) is 2.41. The highest BCUT2D eigenvalue weighted by Crippen LogP contribution is 2.37. The fourth-order valence-electron chi connectivity index (χ4n) is 2.29. The minimum Gasteiger partial charge on any atom is -0.445 e. The number of ether oxygens (including phenoxy) is 2. The first kappa shape index (κ1) is 13.9. The highest BCUT2D eigenvalue weighted by molar-refractivity contribution is 5.67. The molecule has 1 amide bonds. The van der Waals surface area contributed by atoms with Gasteiger partial charge in [0, 0.05) is 13.7 Å². The summed E-state index contributed by atoms with van der Waals surface area (Å²) in [6.07, 6.45) is 3.87. The molecule has 4 nitrogen and oxygen atoms in total. The predicted molar refractivity (Wildman–Crippen MR) is 72.8 cm³/mol. The summed E-state index contributed by atoms with van der Waals surface area (Å²) in [7, 11) is 1.74. The largest absolute Gasteiger partial charge is 0.445 e. The molecule has 0 aliphatic heterocycles. The van der Waals surface area contributed by atoms with E-state index in [1.54, 1.807) is 7.11 Å². The van der Waals surface area contributed by atoms with Crippen LogP contribution in [0.1, 0.15) is 31.2 Å². The number of amides is 1. The van der Waals surface area contributed by atoms with E-state index in [9.17, 15) is 4.79 Å². The van der Waals surface area contributed by atoms with Gasteiger partial charge in [-0.15, -0.1) is 0 Å². The van der Waals surface area contributed by atoms with Crippen molar-refractivity contribution < 1.29 is 14.3 Å². The molecule has 0 aromatic heterocycles. The van der Waals surface area contributed by atoms with Crippen LogP contribution in [0.5, 0.6) is 0 Å². The first-order valence-corrected chi connectivity index (χ1v) is 6.74. The zero-order valence-corrected chi connectivity index (χ0v) is 11.4. The van der Waals surface area contributed by atoms with E-state index in [1.165, 1.54) is 6.42 Å². The van der Waals surface area contributed by atoms with Crippen molar-refractivity contribution in [3.05, 3.63) is 35.9 Å². The molecular weight excluding hydrogens is 242 g/mol. The lowest BCUT2D eigenvalue weighted by Gasteiger charge is -2.40. The van der Waals surface area contributed by atoms with Crippen molar-refractivity contribution in [3.8, 4) is 0 Å². The molecule has 1 aromatic rings. The first-order chi connectivity index (χ1) is 9.24. The lowest BCUT2D eigenvalue weighted by molar-refractivity contribution is -0.0765. The molecule has 0 saturated heterocycles. The molecule has 104 valence electrons. The highest BCUT2D eigenvalue weighted by atomic mass is 16.5. The Morgan fingerprint density at radius 3 is 2.63 bits per heavy atom. The molecule has 1 aliphatic carbocycles. The zero-order chi connectivity index (χ0) is 13.6. The highest BCUT2D eigenvalue weighted by Gasteiger charge is 2.36. The Bertz CT molecular complexity index is 396. The summed E-state index contributed by atoms with van der Waals surface area (Å²) in [5, 5.41) is 2.77. The molecule has 1 saturated carbocycles. The molecular formula is C15H21NO3. The second-order valence-electron chi connectivity index (χ2n) is 4.98. The van der Waals surface area contributed by atoms with Gasteiger partial charge < -0.3 is 14.8 Å². The van der Waals surface area contributed by atoms with E-state index in [4.69, 9.17) is 9.47 Å². The Balaban J connectivity index is 1.62. The third-order valence-corrected chi connectivity index (χ3v) is 3.76. The van der Waals surface area contributed by atoms with Crippen LogP contribution in [-0.2, 0) is 16.1 Å². The van der Waals surface area contributed by atoms with Gasteiger partial charge in [-0.05, 0) is 31.2 Å². The molecule has 1 fully saturated rings. The van der Waals surface area contributed by atoms with Gasteiger partial charge >= 0.3 is 6.09 Å². The maximum absolute atomic E-state index is 11.5. The fourth-order valence-corrected chi connectivity index (χ4v) is 2.29. The van der Waals surface area contributed by atoms with Gasteiger partial charge in [0.1, 0.15) is 6.61 Å². The van der Waals surface area contributed by atoms with E-state index < -0.39 is 0 Å². The minimum atomic E-state index is -0.366. The first-order valence-electron chi connectivity index (χ1n) is 6.74. The molecule has 0 bridgehead atoms. The lowest BCUT2D eigenvalue weighted by atomic mass is 9.77. The van der Waals surface area contributed by atoms with Crippen LogP contribution in [0.3, 0.4) is 0 Å². The summed E-state index contributed by atoms with van der Waals surface area (Å²) >= 11 is 0. The number of rotatable bonds is 6. The normalized spacial score (nSPS) is 16.5. The van der Waals surface area contributed by atoms with E-state index >= 15 is 0 Å². The summed E-state index contributed by atoms with van der Waals surface area (Å²) < 4.78 is 10.6. The number of hydrogen-bond acceptors (Lipinski definition) is 3. The van der Waals surface area contributed by atoms with Crippen LogP contribution in [0.2, 0.25) is 0 Å². The second kappa shape index (κ2) is 6.57. The Kier molecular flexibility index (Phi) is 4.80. The second-order valence-corrected chi connectivity index (χ2v) is 4.98. The van der Waals surface area contributed by atoms with Crippen LogP contribution in [0.4, 0.5) is 4.79 Å². The smallest absolute Gasteiger partial charge is 0.407 e. The molecule has 1 N–H and O–H groups in total. The van der Waals surface area contributed by atoms with Crippen LogP contribution < -0.4 is 5.32 Å². The van der Waals surface area contributed by atoms with Crippen molar-refractivity contribution >= 4 is 6.09 Å². The number of carbonyl (C=O) groups is 1. The summed E-state index contributed by atoms with van der Waals surface area (Å²) in [6.45, 7) is 0.906. The third kappa shape index (κ3) is 3.96. The summed E-state index contributed by atoms with van der Waals surface area (Å²) in [4.78, 5) is 11.5. The van der Waals surface area contributed by atoms with Crippen LogP contribution in [0, 0.1) is 0 Å². The Morgan fingerprint density at radius 2 is 2.05 bits per heavy atom. The molecule has 4 heteroatoms. The molecule has 2 rings (SSSR count). The van der Waals surface area contributed by atoms with Crippen molar-refractivity contribution in [2.24, 2.45) is 0 Å². The van der Waals surface area contributed by atoms with E-state index in [0.717, 1.165) is 24.8 Å². The molecule has 0 heterocycles. The Labute approximate surface area is 114 Å². The number of methoxy groups -OCH3 is 1. The molecule has 0 spiro atoms. The van der Waals surface area contributed by atoms with Crippen molar-refractivity contribution in [2.75, 3.05) is 13.7 Å². The fraction of sp³-hybridized carbons (Fsp3) is 0.533. The maximum Gasteiger partial charge on any atom is 0.407 e. The Morgan fingerprint density at radius 1 is 1.32 bits per heavy atom. The zero-order valence-electron chi connectivity index (χ0n) is 11.4. The number of hydrogen-bond donors (Lipinski definition) is 1. The molecule has 0 unspecified atom stereocenters.